The molecule has 7 atom stereocenters. The third kappa shape index (κ3) is 3.90. The lowest BCUT2D eigenvalue weighted by molar-refractivity contribution is -0.177. The Balaban J connectivity index is 1.13. The quantitative estimate of drug-likeness (QED) is 0.387. The molecule has 2 heterocycles. The lowest BCUT2D eigenvalue weighted by Crippen LogP contribution is -2.62. The molecular formula is C32H36N4O4S. The number of nitriles is 1. The fourth-order valence-corrected chi connectivity index (χ4v) is 10.0. The van der Waals surface area contributed by atoms with Crippen molar-refractivity contribution < 1.29 is 19.4 Å². The van der Waals surface area contributed by atoms with E-state index in [9.17, 15) is 15.0 Å². The van der Waals surface area contributed by atoms with E-state index in [1.54, 1.807) is 0 Å². The minimum Gasteiger partial charge on any atom is -0.431 e. The second-order valence-electron chi connectivity index (χ2n) is 13.0. The number of benzene rings is 1. The van der Waals surface area contributed by atoms with E-state index in [2.05, 4.69) is 29.2 Å². The largest absolute Gasteiger partial charge is 0.431 e. The number of nitrogens with zero attached hydrogens (tertiary/aromatic N) is 4. The fraction of sp³-hybridized carbons (Fsp3) is 0.562. The number of fused-ring (bicyclic) bond motifs is 7. The highest BCUT2D eigenvalue weighted by atomic mass is 32.2. The van der Waals surface area contributed by atoms with Gasteiger partial charge in [0.05, 0.1) is 42.8 Å². The van der Waals surface area contributed by atoms with E-state index in [1.165, 1.54) is 22.9 Å². The summed E-state index contributed by atoms with van der Waals surface area (Å²) in [5, 5.41) is 38.0. The summed E-state index contributed by atoms with van der Waals surface area (Å²) in [6, 6.07) is 9.72. The highest BCUT2D eigenvalue weighted by Gasteiger charge is 2.68. The zero-order valence-electron chi connectivity index (χ0n) is 23.5. The average Bonchev–Trinajstić information content (AvgIpc) is 3.62. The minimum atomic E-state index is -1.48. The van der Waals surface area contributed by atoms with Gasteiger partial charge in [-0.3, -0.25) is 9.48 Å². The van der Waals surface area contributed by atoms with Crippen molar-refractivity contribution in [3.63, 3.8) is 0 Å². The molecule has 3 saturated carbocycles. The topological polar surface area (TPSA) is 125 Å². The Morgan fingerprint density at radius 1 is 1.29 bits per heavy atom. The maximum atomic E-state index is 13.7. The van der Waals surface area contributed by atoms with Crippen LogP contribution in [0.3, 0.4) is 0 Å². The van der Waals surface area contributed by atoms with E-state index >= 15 is 0 Å². The first-order valence-corrected chi connectivity index (χ1v) is 15.7. The van der Waals surface area contributed by atoms with Crippen molar-refractivity contribution in [3.05, 3.63) is 47.3 Å². The summed E-state index contributed by atoms with van der Waals surface area (Å²) in [5.74, 6) is 0.335. The maximum absolute atomic E-state index is 13.7. The number of oxazole rings is 1. The van der Waals surface area contributed by atoms with Crippen LogP contribution in [0.4, 0.5) is 0 Å². The van der Waals surface area contributed by atoms with Crippen LogP contribution < -0.4 is 0 Å². The second-order valence-corrected chi connectivity index (χ2v) is 14.0. The van der Waals surface area contributed by atoms with Gasteiger partial charge in [0.2, 0.25) is 0 Å². The van der Waals surface area contributed by atoms with Crippen LogP contribution in [0.5, 0.6) is 0 Å². The van der Waals surface area contributed by atoms with E-state index in [4.69, 9.17) is 9.68 Å². The van der Waals surface area contributed by atoms with E-state index in [1.807, 2.05) is 42.1 Å². The molecule has 7 rings (SSSR count). The number of para-hydroxylation sites is 2. The Labute approximate surface area is 243 Å². The maximum Gasteiger partial charge on any atom is 0.257 e. The summed E-state index contributed by atoms with van der Waals surface area (Å²) in [6.45, 7) is 4.91. The number of aliphatic hydroxyl groups excluding tert-OH is 1. The summed E-state index contributed by atoms with van der Waals surface area (Å²) in [5.41, 5.74) is 2.67. The Hall–Kier alpha value is -2.93. The Bertz CT molecular complexity index is 1570. The SMILES string of the molecule is CC12Cc3cnn(CCC#N)c3C=C1CCC1C2[C@@H](O)CC2(C)C1CC[C@]2(O)C(=O)CSc1nc2ccccc2o1. The van der Waals surface area contributed by atoms with Crippen molar-refractivity contribution in [2.75, 3.05) is 5.75 Å². The number of Topliss-reactive ketones (excluding diaryl/α,β-unsaturated/α-hetero) is 1. The molecule has 5 unspecified atom stereocenters. The van der Waals surface area contributed by atoms with Gasteiger partial charge in [0.25, 0.3) is 5.22 Å². The summed E-state index contributed by atoms with van der Waals surface area (Å²) >= 11 is 1.23. The van der Waals surface area contributed by atoms with Crippen LogP contribution in [-0.4, -0.2) is 48.2 Å². The third-order valence-electron chi connectivity index (χ3n) is 11.1. The van der Waals surface area contributed by atoms with E-state index < -0.39 is 17.1 Å². The van der Waals surface area contributed by atoms with Crippen LogP contribution >= 0.6 is 11.8 Å². The van der Waals surface area contributed by atoms with Crippen LogP contribution in [-0.2, 0) is 17.8 Å². The van der Waals surface area contributed by atoms with Crippen molar-refractivity contribution in [1.29, 1.82) is 5.26 Å². The van der Waals surface area contributed by atoms with Gasteiger partial charge >= 0.3 is 0 Å². The molecule has 0 radical (unpaired) electrons. The van der Waals surface area contributed by atoms with Gasteiger partial charge < -0.3 is 14.6 Å². The lowest BCUT2D eigenvalue weighted by Gasteiger charge is -2.60. The molecule has 4 aliphatic rings. The third-order valence-corrected chi connectivity index (χ3v) is 12.0. The molecule has 0 spiro atoms. The molecule has 1 aromatic carbocycles. The van der Waals surface area contributed by atoms with Crippen molar-refractivity contribution in [1.82, 2.24) is 14.8 Å². The van der Waals surface area contributed by atoms with Gasteiger partial charge in [-0.25, -0.2) is 4.98 Å². The van der Waals surface area contributed by atoms with Crippen LogP contribution in [0, 0.1) is 39.9 Å². The number of ketones is 1. The fourth-order valence-electron chi connectivity index (χ4n) is 9.20. The summed E-state index contributed by atoms with van der Waals surface area (Å²) in [7, 11) is 0. The molecule has 0 bridgehead atoms. The minimum absolute atomic E-state index is 0.0581. The predicted octanol–water partition coefficient (Wildman–Crippen LogP) is 5.18. The number of hydrogen-bond donors (Lipinski definition) is 2. The van der Waals surface area contributed by atoms with Crippen LogP contribution in [0.2, 0.25) is 0 Å². The van der Waals surface area contributed by atoms with Gasteiger partial charge in [-0.1, -0.05) is 43.3 Å². The van der Waals surface area contributed by atoms with Gasteiger partial charge in [0.15, 0.2) is 11.4 Å². The van der Waals surface area contributed by atoms with E-state index in [0.717, 1.165) is 36.9 Å². The molecule has 8 nitrogen and oxygen atoms in total. The Morgan fingerprint density at radius 2 is 2.12 bits per heavy atom. The Kier molecular flexibility index (Phi) is 6.27. The number of aliphatic hydroxyl groups is 2. The van der Waals surface area contributed by atoms with Crippen LogP contribution in [0.15, 0.2) is 45.7 Å². The lowest BCUT2D eigenvalue weighted by atomic mass is 9.45. The van der Waals surface area contributed by atoms with Gasteiger partial charge in [-0.2, -0.15) is 10.4 Å². The second kappa shape index (κ2) is 9.55. The predicted molar refractivity (Wildman–Crippen MR) is 155 cm³/mol. The van der Waals surface area contributed by atoms with Crippen molar-refractivity contribution in [2.45, 2.75) is 82.3 Å². The molecule has 2 N–H and O–H groups in total. The van der Waals surface area contributed by atoms with Gasteiger partial charge in [0.1, 0.15) is 11.1 Å². The molecule has 3 aromatic rings. The summed E-state index contributed by atoms with van der Waals surface area (Å²) in [4.78, 5) is 18.2. The van der Waals surface area contributed by atoms with Crippen molar-refractivity contribution in [2.24, 2.45) is 28.6 Å². The number of thioether (sulfide) groups is 1. The molecule has 214 valence electrons. The zero-order chi connectivity index (χ0) is 28.6. The molecule has 41 heavy (non-hydrogen) atoms. The van der Waals surface area contributed by atoms with Crippen LogP contribution in [0.25, 0.3) is 17.2 Å². The number of aromatic nitrogens is 3. The molecule has 0 amide bonds. The van der Waals surface area contributed by atoms with Crippen LogP contribution in [0.1, 0.15) is 63.6 Å². The number of aryl methyl sites for hydroxylation is 1. The molecule has 9 heteroatoms. The van der Waals surface area contributed by atoms with E-state index in [-0.39, 0.29) is 34.7 Å². The van der Waals surface area contributed by atoms with E-state index in [0.29, 0.717) is 36.6 Å². The number of hydrogen-bond acceptors (Lipinski definition) is 8. The average molecular weight is 573 g/mol. The first-order chi connectivity index (χ1) is 19.7. The number of carbonyl (C=O) groups excluding carboxylic acids is 1. The highest BCUT2D eigenvalue weighted by Crippen LogP contribution is 2.67. The highest BCUT2D eigenvalue weighted by molar-refractivity contribution is 7.99. The first-order valence-electron chi connectivity index (χ1n) is 14.7. The first kappa shape index (κ1) is 26.9. The molecule has 0 saturated heterocycles. The smallest absolute Gasteiger partial charge is 0.257 e. The zero-order valence-corrected chi connectivity index (χ0v) is 24.4. The molecule has 0 aliphatic heterocycles. The molecule has 2 aromatic heterocycles. The standard InChI is InChI=1S/C32H36N4O4S/c1-30-15-19-17-34-36(13-5-12-33)24(19)14-20(30)8-9-21-22-10-11-32(39,31(22,2)16-25(37)28(21)30)27(38)18-41-29-35-23-6-3-4-7-26(23)40-29/h3-4,6-7,14,17,21-22,25,28,37,39H,5,8-11,13,15-16,18H2,1-2H3/t21?,22?,25-,28?,30?,31?,32-/m0/s1. The van der Waals surface area contributed by atoms with Gasteiger partial charge in [-0.15, -0.1) is 0 Å². The monoisotopic (exact) mass is 572 g/mol. The molecule has 3 fully saturated rings. The molecule has 4 aliphatic carbocycles. The summed E-state index contributed by atoms with van der Waals surface area (Å²) in [6.07, 6.45) is 8.29. The van der Waals surface area contributed by atoms with Crippen molar-refractivity contribution >= 4 is 34.7 Å². The number of allylic oxidation sites excluding steroid dienone is 1. The number of carbonyl (C=O) groups is 1. The van der Waals surface area contributed by atoms with Crippen molar-refractivity contribution in [3.8, 4) is 6.07 Å². The van der Waals surface area contributed by atoms with Gasteiger partial charge in [0, 0.05) is 5.41 Å². The number of rotatable bonds is 6. The molecular weight excluding hydrogens is 536 g/mol. The normalized spacial score (nSPS) is 35.6. The Morgan fingerprint density at radius 3 is 2.93 bits per heavy atom. The van der Waals surface area contributed by atoms with Gasteiger partial charge in [-0.05, 0) is 85.5 Å². The summed E-state index contributed by atoms with van der Waals surface area (Å²) < 4.78 is 7.73.